The number of carbonyl (C=O) groups is 3. The van der Waals surface area contributed by atoms with Gasteiger partial charge in [0.1, 0.15) is 0 Å². The molecule has 0 aliphatic rings. The molecule has 0 fully saturated rings. The third kappa shape index (κ3) is 7.48. The zero-order valence-corrected chi connectivity index (χ0v) is 10.8. The Labute approximate surface area is 106 Å². The van der Waals surface area contributed by atoms with E-state index in [-0.39, 0.29) is 31.5 Å². The number of carboxylic acid groups (broad SMARTS) is 1. The number of amides is 3. The van der Waals surface area contributed by atoms with Gasteiger partial charge in [0.2, 0.25) is 5.91 Å². The monoisotopic (exact) mass is 259 g/mol. The maximum absolute atomic E-state index is 11.8. The molecule has 0 unspecified atom stereocenters. The molecule has 3 amide bonds. The van der Waals surface area contributed by atoms with Gasteiger partial charge in [0.15, 0.2) is 0 Å². The van der Waals surface area contributed by atoms with E-state index in [0.29, 0.717) is 13.0 Å². The number of carbonyl (C=O) groups excluding carboxylic acids is 2. The Morgan fingerprint density at radius 3 is 2.33 bits per heavy atom. The minimum Gasteiger partial charge on any atom is -0.481 e. The summed E-state index contributed by atoms with van der Waals surface area (Å²) in [5, 5.41) is 11.1. The minimum atomic E-state index is -0.882. The smallest absolute Gasteiger partial charge is 0.317 e. The average Bonchev–Trinajstić information content (AvgIpc) is 2.22. The largest absolute Gasteiger partial charge is 0.481 e. The number of hydrogen-bond acceptors (Lipinski definition) is 3. The Balaban J connectivity index is 4.10. The van der Waals surface area contributed by atoms with Gasteiger partial charge in [-0.25, -0.2) is 4.79 Å². The van der Waals surface area contributed by atoms with E-state index in [1.54, 1.807) is 0 Å². The molecule has 4 N–H and O–H groups in total. The molecule has 0 aromatic carbocycles. The van der Waals surface area contributed by atoms with Crippen molar-refractivity contribution in [3.8, 4) is 0 Å². The summed E-state index contributed by atoms with van der Waals surface area (Å²) in [6.07, 6.45) is 0.515. The number of rotatable bonds is 8. The number of urea groups is 1. The lowest BCUT2D eigenvalue weighted by atomic mass is 10.2. The summed E-state index contributed by atoms with van der Waals surface area (Å²) in [5.41, 5.74) is 4.96. The van der Waals surface area contributed by atoms with Crippen LogP contribution in [0.25, 0.3) is 0 Å². The van der Waals surface area contributed by atoms with Gasteiger partial charge >= 0.3 is 12.0 Å². The normalized spacial score (nSPS) is 10.2. The second-order valence-corrected chi connectivity index (χ2v) is 4.23. The molecule has 0 aromatic heterocycles. The molecule has 0 radical (unpaired) electrons. The molecule has 7 nitrogen and oxygen atoms in total. The van der Waals surface area contributed by atoms with Crippen molar-refractivity contribution in [3.63, 3.8) is 0 Å². The highest BCUT2D eigenvalue weighted by atomic mass is 16.4. The van der Waals surface area contributed by atoms with Gasteiger partial charge < -0.3 is 21.1 Å². The van der Waals surface area contributed by atoms with E-state index in [4.69, 9.17) is 10.8 Å². The predicted molar refractivity (Wildman–Crippen MR) is 65.9 cm³/mol. The van der Waals surface area contributed by atoms with E-state index >= 15 is 0 Å². The van der Waals surface area contributed by atoms with Crippen LogP contribution in [0.4, 0.5) is 4.79 Å². The standard InChI is InChI=1S/C11H21N3O4/c1-8(2)14(7-3-4-10(16)17)11(18)13-6-5-9(12)15/h8H,3-7H2,1-2H3,(H2,12,15)(H,13,18)(H,16,17). The van der Waals surface area contributed by atoms with Gasteiger partial charge in [0, 0.05) is 32.0 Å². The summed E-state index contributed by atoms with van der Waals surface area (Å²) >= 11 is 0. The van der Waals surface area contributed by atoms with Crippen molar-refractivity contribution in [2.45, 2.75) is 39.2 Å². The molecule has 0 heterocycles. The molecule has 0 atom stereocenters. The topological polar surface area (TPSA) is 113 Å². The molecule has 104 valence electrons. The highest BCUT2D eigenvalue weighted by molar-refractivity contribution is 5.77. The number of nitrogens with one attached hydrogen (secondary N) is 1. The first-order chi connectivity index (χ1) is 8.34. The molecule has 18 heavy (non-hydrogen) atoms. The number of nitrogens with zero attached hydrogens (tertiary/aromatic N) is 1. The van der Waals surface area contributed by atoms with Crippen molar-refractivity contribution in [3.05, 3.63) is 0 Å². The van der Waals surface area contributed by atoms with E-state index in [2.05, 4.69) is 5.32 Å². The first kappa shape index (κ1) is 16.2. The summed E-state index contributed by atoms with van der Waals surface area (Å²) in [7, 11) is 0. The fourth-order valence-corrected chi connectivity index (χ4v) is 1.39. The van der Waals surface area contributed by atoms with Crippen LogP contribution < -0.4 is 11.1 Å². The first-order valence-electron chi connectivity index (χ1n) is 5.89. The van der Waals surface area contributed by atoms with Crippen LogP contribution in [0.1, 0.15) is 33.1 Å². The van der Waals surface area contributed by atoms with Gasteiger partial charge in [-0.3, -0.25) is 9.59 Å². The number of primary amides is 1. The molecule has 0 saturated heterocycles. The van der Waals surface area contributed by atoms with Crippen LogP contribution in [0.3, 0.4) is 0 Å². The zero-order chi connectivity index (χ0) is 14.1. The van der Waals surface area contributed by atoms with Crippen LogP contribution in [-0.4, -0.2) is 47.0 Å². The van der Waals surface area contributed by atoms with E-state index in [9.17, 15) is 14.4 Å². The van der Waals surface area contributed by atoms with E-state index < -0.39 is 11.9 Å². The molecule has 0 aromatic rings. The third-order valence-electron chi connectivity index (χ3n) is 2.32. The molecule has 0 aliphatic carbocycles. The molecule has 0 aliphatic heterocycles. The van der Waals surface area contributed by atoms with Gasteiger partial charge in [0.25, 0.3) is 0 Å². The van der Waals surface area contributed by atoms with E-state index in [0.717, 1.165) is 0 Å². The molecule has 0 saturated carbocycles. The average molecular weight is 259 g/mol. The van der Waals surface area contributed by atoms with Crippen LogP contribution in [0.15, 0.2) is 0 Å². The van der Waals surface area contributed by atoms with Gasteiger partial charge in [-0.2, -0.15) is 0 Å². The highest BCUT2D eigenvalue weighted by Gasteiger charge is 2.16. The zero-order valence-electron chi connectivity index (χ0n) is 10.8. The Bertz CT molecular complexity index is 305. The van der Waals surface area contributed by atoms with Crippen molar-refractivity contribution in [1.29, 1.82) is 0 Å². The van der Waals surface area contributed by atoms with Crippen LogP contribution in [0.2, 0.25) is 0 Å². The molecule has 7 heteroatoms. The molecule has 0 bridgehead atoms. The van der Waals surface area contributed by atoms with Crippen LogP contribution >= 0.6 is 0 Å². The van der Waals surface area contributed by atoms with Crippen molar-refractivity contribution >= 4 is 17.9 Å². The second-order valence-electron chi connectivity index (χ2n) is 4.23. The van der Waals surface area contributed by atoms with Gasteiger partial charge in [-0.1, -0.05) is 0 Å². The minimum absolute atomic E-state index is 0.0256. The Kier molecular flexibility index (Phi) is 7.50. The fraction of sp³-hybridized carbons (Fsp3) is 0.727. The third-order valence-corrected chi connectivity index (χ3v) is 2.32. The van der Waals surface area contributed by atoms with Crippen molar-refractivity contribution in [2.24, 2.45) is 5.73 Å². The Morgan fingerprint density at radius 2 is 1.89 bits per heavy atom. The predicted octanol–water partition coefficient (Wildman–Crippen LogP) is 0.147. The molecule has 0 rings (SSSR count). The number of hydrogen-bond donors (Lipinski definition) is 3. The quantitative estimate of drug-likeness (QED) is 0.575. The Hall–Kier alpha value is -1.79. The lowest BCUT2D eigenvalue weighted by molar-refractivity contribution is -0.137. The van der Waals surface area contributed by atoms with Crippen molar-refractivity contribution < 1.29 is 19.5 Å². The highest BCUT2D eigenvalue weighted by Crippen LogP contribution is 2.02. The summed E-state index contributed by atoms with van der Waals surface area (Å²) in [6, 6.07) is -0.344. The summed E-state index contributed by atoms with van der Waals surface area (Å²) in [6.45, 7) is 4.24. The van der Waals surface area contributed by atoms with Crippen molar-refractivity contribution in [2.75, 3.05) is 13.1 Å². The number of nitrogens with two attached hydrogens (primary N) is 1. The molecule has 0 spiro atoms. The SMILES string of the molecule is CC(C)N(CCCC(=O)O)C(=O)NCCC(N)=O. The van der Waals surface area contributed by atoms with Gasteiger partial charge in [0.05, 0.1) is 0 Å². The van der Waals surface area contributed by atoms with Crippen LogP contribution in [0, 0.1) is 0 Å². The summed E-state index contributed by atoms with van der Waals surface area (Å²) in [4.78, 5) is 34.2. The maximum Gasteiger partial charge on any atom is 0.317 e. The van der Waals surface area contributed by atoms with Crippen LogP contribution in [0.5, 0.6) is 0 Å². The van der Waals surface area contributed by atoms with E-state index in [1.807, 2.05) is 13.8 Å². The second kappa shape index (κ2) is 8.32. The van der Waals surface area contributed by atoms with Gasteiger partial charge in [-0.15, -0.1) is 0 Å². The maximum atomic E-state index is 11.8. The summed E-state index contributed by atoms with van der Waals surface area (Å²) in [5.74, 6) is -1.36. The Morgan fingerprint density at radius 1 is 1.28 bits per heavy atom. The van der Waals surface area contributed by atoms with Gasteiger partial charge in [-0.05, 0) is 20.3 Å². The van der Waals surface area contributed by atoms with Crippen LogP contribution in [-0.2, 0) is 9.59 Å². The van der Waals surface area contributed by atoms with Crippen molar-refractivity contribution in [1.82, 2.24) is 10.2 Å². The molecular weight excluding hydrogens is 238 g/mol. The lowest BCUT2D eigenvalue weighted by Gasteiger charge is -2.26. The summed E-state index contributed by atoms with van der Waals surface area (Å²) < 4.78 is 0. The lowest BCUT2D eigenvalue weighted by Crippen LogP contribution is -2.45. The molecular formula is C11H21N3O4. The number of aliphatic carboxylic acids is 1. The fourth-order valence-electron chi connectivity index (χ4n) is 1.39. The number of carboxylic acids is 1. The first-order valence-corrected chi connectivity index (χ1v) is 5.89. The van der Waals surface area contributed by atoms with E-state index in [1.165, 1.54) is 4.90 Å².